The van der Waals surface area contributed by atoms with Crippen LogP contribution < -0.4 is 5.32 Å². The third-order valence-electron chi connectivity index (χ3n) is 3.61. The summed E-state index contributed by atoms with van der Waals surface area (Å²) in [4.78, 5) is 1.17. The second kappa shape index (κ2) is 5.76. The zero-order valence-corrected chi connectivity index (χ0v) is 13.4. The molecule has 0 spiro atoms. The largest absolute Gasteiger partial charge is 0.309 e. The van der Waals surface area contributed by atoms with Crippen molar-refractivity contribution in [3.05, 3.63) is 69.3 Å². The van der Waals surface area contributed by atoms with Gasteiger partial charge in [0.2, 0.25) is 0 Å². The summed E-state index contributed by atoms with van der Waals surface area (Å²) in [5, 5.41) is 4.96. The molecule has 2 aromatic carbocycles. The topological polar surface area (TPSA) is 12.0 Å². The highest BCUT2D eigenvalue weighted by Gasteiger charge is 2.19. The first kappa shape index (κ1) is 14.5. The van der Waals surface area contributed by atoms with Gasteiger partial charge in [0.25, 0.3) is 0 Å². The predicted molar refractivity (Wildman–Crippen MR) is 88.9 cm³/mol. The Morgan fingerprint density at radius 3 is 2.67 bits per heavy atom. The fourth-order valence-corrected chi connectivity index (χ4v) is 3.95. The van der Waals surface area contributed by atoms with Gasteiger partial charge in [0.05, 0.1) is 6.04 Å². The molecule has 0 saturated carbocycles. The molecule has 3 aromatic rings. The van der Waals surface area contributed by atoms with Crippen molar-refractivity contribution in [1.82, 2.24) is 5.32 Å². The molecule has 108 valence electrons. The highest BCUT2D eigenvalue weighted by molar-refractivity contribution is 7.19. The van der Waals surface area contributed by atoms with E-state index in [2.05, 4.69) is 23.5 Å². The Hall–Kier alpha value is -1.42. The van der Waals surface area contributed by atoms with E-state index in [9.17, 15) is 4.39 Å². The Morgan fingerprint density at radius 2 is 1.95 bits per heavy atom. The first-order chi connectivity index (χ1) is 10.1. The smallest absolute Gasteiger partial charge is 0.127 e. The normalized spacial score (nSPS) is 12.8. The van der Waals surface area contributed by atoms with Gasteiger partial charge in [-0.3, -0.25) is 0 Å². The molecule has 1 N–H and O–H groups in total. The Labute approximate surface area is 132 Å². The summed E-state index contributed by atoms with van der Waals surface area (Å²) in [6.07, 6.45) is 0. The van der Waals surface area contributed by atoms with Gasteiger partial charge in [0.1, 0.15) is 5.82 Å². The van der Waals surface area contributed by atoms with E-state index in [1.165, 1.54) is 21.0 Å². The number of fused-ring (bicyclic) bond motifs is 1. The van der Waals surface area contributed by atoms with Gasteiger partial charge < -0.3 is 5.32 Å². The lowest BCUT2D eigenvalue weighted by molar-refractivity contribution is 0.614. The Morgan fingerprint density at radius 1 is 1.19 bits per heavy atom. The lowest BCUT2D eigenvalue weighted by atomic mass is 10.0. The third kappa shape index (κ3) is 2.69. The molecule has 1 atom stereocenters. The molecule has 1 heterocycles. The second-order valence-corrected chi connectivity index (χ2v) is 6.55. The van der Waals surface area contributed by atoms with Crippen LogP contribution in [0.1, 0.15) is 22.0 Å². The average molecular weight is 320 g/mol. The Balaban J connectivity index is 2.11. The van der Waals surface area contributed by atoms with Crippen molar-refractivity contribution in [3.63, 3.8) is 0 Å². The summed E-state index contributed by atoms with van der Waals surface area (Å²) in [6, 6.07) is 13.6. The van der Waals surface area contributed by atoms with Crippen molar-refractivity contribution in [2.75, 3.05) is 7.05 Å². The van der Waals surface area contributed by atoms with E-state index < -0.39 is 0 Å². The standard InChI is InChI=1S/C17H15ClFNS/c1-10-7-12(13(18)9-14(10)19)17(20-2)16-8-11-5-3-4-6-15(11)21-16/h3-9,17,20H,1-2H3. The third-order valence-corrected chi connectivity index (χ3v) is 5.12. The van der Waals surface area contributed by atoms with Crippen molar-refractivity contribution < 1.29 is 4.39 Å². The van der Waals surface area contributed by atoms with Crippen molar-refractivity contribution in [2.24, 2.45) is 0 Å². The van der Waals surface area contributed by atoms with Crippen molar-refractivity contribution in [2.45, 2.75) is 13.0 Å². The highest BCUT2D eigenvalue weighted by atomic mass is 35.5. The van der Waals surface area contributed by atoms with E-state index >= 15 is 0 Å². The van der Waals surface area contributed by atoms with Gasteiger partial charge in [-0.05, 0) is 54.8 Å². The van der Waals surface area contributed by atoms with Crippen LogP contribution in [0, 0.1) is 12.7 Å². The summed E-state index contributed by atoms with van der Waals surface area (Å²) in [7, 11) is 1.89. The first-order valence-electron chi connectivity index (χ1n) is 6.71. The number of aryl methyl sites for hydroxylation is 1. The molecule has 1 aromatic heterocycles. The number of rotatable bonds is 3. The second-order valence-electron chi connectivity index (χ2n) is 5.03. The van der Waals surface area contributed by atoms with Gasteiger partial charge in [-0.1, -0.05) is 29.8 Å². The van der Waals surface area contributed by atoms with E-state index in [-0.39, 0.29) is 11.9 Å². The molecule has 0 amide bonds. The molecule has 3 rings (SSSR count). The number of nitrogens with one attached hydrogen (secondary N) is 1. The van der Waals surface area contributed by atoms with E-state index in [0.717, 1.165) is 5.56 Å². The number of halogens is 2. The van der Waals surface area contributed by atoms with Crippen LogP contribution in [0.2, 0.25) is 5.02 Å². The SMILES string of the molecule is CNC(c1cc2ccccc2s1)c1cc(C)c(F)cc1Cl. The molecule has 0 aliphatic heterocycles. The fraction of sp³-hybridized carbons (Fsp3) is 0.176. The van der Waals surface area contributed by atoms with Gasteiger partial charge in [0.15, 0.2) is 0 Å². The van der Waals surface area contributed by atoms with E-state index in [1.807, 2.05) is 25.2 Å². The molecule has 1 nitrogen and oxygen atoms in total. The van der Waals surface area contributed by atoms with Crippen molar-refractivity contribution in [3.8, 4) is 0 Å². The molecule has 0 radical (unpaired) electrons. The number of hydrogen-bond donors (Lipinski definition) is 1. The maximum absolute atomic E-state index is 13.6. The number of hydrogen-bond acceptors (Lipinski definition) is 2. The minimum absolute atomic E-state index is 0.0331. The molecule has 21 heavy (non-hydrogen) atoms. The molecule has 0 saturated heterocycles. The molecule has 0 aliphatic rings. The summed E-state index contributed by atoms with van der Waals surface area (Å²) < 4.78 is 14.8. The molecule has 0 aliphatic carbocycles. The van der Waals surface area contributed by atoms with Crippen LogP contribution in [0.4, 0.5) is 4.39 Å². The Kier molecular flexibility index (Phi) is 3.98. The highest BCUT2D eigenvalue weighted by Crippen LogP contribution is 2.36. The van der Waals surface area contributed by atoms with Gasteiger partial charge in [0, 0.05) is 14.6 Å². The molecule has 1 unspecified atom stereocenters. The molecule has 4 heteroatoms. The molecule has 0 fully saturated rings. The van der Waals surface area contributed by atoms with Gasteiger partial charge in [-0.25, -0.2) is 4.39 Å². The van der Waals surface area contributed by atoms with Crippen LogP contribution in [0.15, 0.2) is 42.5 Å². The maximum Gasteiger partial charge on any atom is 0.127 e. The zero-order chi connectivity index (χ0) is 15.0. The summed E-state index contributed by atoms with van der Waals surface area (Å²) in [5.41, 5.74) is 1.51. The average Bonchev–Trinajstić information content (AvgIpc) is 2.88. The van der Waals surface area contributed by atoms with Gasteiger partial charge >= 0.3 is 0 Å². The monoisotopic (exact) mass is 319 g/mol. The summed E-state index contributed by atoms with van der Waals surface area (Å²) in [6.45, 7) is 1.76. The number of benzene rings is 2. The Bertz CT molecular complexity index is 764. The van der Waals surface area contributed by atoms with Crippen LogP contribution in [0.3, 0.4) is 0 Å². The van der Waals surface area contributed by atoms with Crippen LogP contribution in [-0.2, 0) is 0 Å². The lowest BCUT2D eigenvalue weighted by Crippen LogP contribution is -2.17. The van der Waals surface area contributed by atoms with Crippen LogP contribution in [-0.4, -0.2) is 7.05 Å². The van der Waals surface area contributed by atoms with Crippen LogP contribution in [0.25, 0.3) is 10.1 Å². The van der Waals surface area contributed by atoms with E-state index in [4.69, 9.17) is 11.6 Å². The minimum atomic E-state index is -0.269. The van der Waals surface area contributed by atoms with Gasteiger partial charge in [-0.2, -0.15) is 0 Å². The van der Waals surface area contributed by atoms with Gasteiger partial charge in [-0.15, -0.1) is 11.3 Å². The van der Waals surface area contributed by atoms with E-state index in [1.54, 1.807) is 18.3 Å². The van der Waals surface area contributed by atoms with Crippen molar-refractivity contribution in [1.29, 1.82) is 0 Å². The van der Waals surface area contributed by atoms with Crippen molar-refractivity contribution >= 4 is 33.0 Å². The maximum atomic E-state index is 13.6. The van der Waals surface area contributed by atoms with Crippen LogP contribution in [0.5, 0.6) is 0 Å². The minimum Gasteiger partial charge on any atom is -0.309 e. The van der Waals surface area contributed by atoms with Crippen LogP contribution >= 0.6 is 22.9 Å². The molecular weight excluding hydrogens is 305 g/mol. The fourth-order valence-electron chi connectivity index (χ4n) is 2.50. The molecule has 0 bridgehead atoms. The molecular formula is C17H15ClFNS. The predicted octanol–water partition coefficient (Wildman–Crippen LogP) is 5.31. The zero-order valence-electron chi connectivity index (χ0n) is 11.8. The summed E-state index contributed by atoms with van der Waals surface area (Å²) >= 11 is 7.98. The lowest BCUT2D eigenvalue weighted by Gasteiger charge is -2.17. The van der Waals surface area contributed by atoms with E-state index in [0.29, 0.717) is 10.6 Å². The quantitative estimate of drug-likeness (QED) is 0.689. The summed E-state index contributed by atoms with van der Waals surface area (Å²) in [5.74, 6) is -0.269. The first-order valence-corrected chi connectivity index (χ1v) is 7.91. The number of thiophene rings is 1.